The largest absolute Gasteiger partial charge is 0.415 e. The first-order valence-electron chi connectivity index (χ1n) is 5.94. The van der Waals surface area contributed by atoms with Crippen LogP contribution in [0.4, 0.5) is 9.18 Å². The van der Waals surface area contributed by atoms with E-state index in [0.717, 1.165) is 12.1 Å². The maximum atomic E-state index is 13.6. The van der Waals surface area contributed by atoms with E-state index in [1.807, 2.05) is 0 Å². The molecule has 4 nitrogen and oxygen atoms in total. The Labute approximate surface area is 114 Å². The number of benzene rings is 1. The quantitative estimate of drug-likeness (QED) is 0.795. The van der Waals surface area contributed by atoms with E-state index >= 15 is 0 Å². The zero-order valence-electron chi connectivity index (χ0n) is 9.90. The van der Waals surface area contributed by atoms with Gasteiger partial charge in [0.25, 0.3) is 0 Å². The third kappa shape index (κ3) is 2.24. The Balaban J connectivity index is 1.74. The van der Waals surface area contributed by atoms with Crippen molar-refractivity contribution in [1.82, 2.24) is 4.90 Å². The normalized spacial score (nSPS) is 23.7. The van der Waals surface area contributed by atoms with Gasteiger partial charge < -0.3 is 9.64 Å². The fourth-order valence-corrected chi connectivity index (χ4v) is 2.59. The number of nitrogens with zero attached hydrogens (tertiary/aromatic N) is 2. The molecule has 1 aromatic rings. The molecule has 0 aromatic heterocycles. The molecule has 1 aliphatic heterocycles. The van der Waals surface area contributed by atoms with Gasteiger partial charge in [-0.1, -0.05) is 11.6 Å². The van der Waals surface area contributed by atoms with E-state index < -0.39 is 11.9 Å². The molecule has 19 heavy (non-hydrogen) atoms. The molecule has 98 valence electrons. The number of carbonyl (C=O) groups is 1. The Kier molecular flexibility index (Phi) is 2.83. The lowest BCUT2D eigenvalue weighted by Gasteiger charge is -2.17. The molecule has 1 saturated heterocycles. The fraction of sp³-hybridized carbons (Fsp3) is 0.385. The number of halogens is 2. The summed E-state index contributed by atoms with van der Waals surface area (Å²) in [5, 5.41) is 8.77. The number of fused-ring (bicyclic) bond motifs is 1. The van der Waals surface area contributed by atoms with Gasteiger partial charge in [-0.3, -0.25) is 0 Å². The third-order valence-corrected chi connectivity index (χ3v) is 3.89. The molecule has 1 aliphatic carbocycles. The van der Waals surface area contributed by atoms with Crippen LogP contribution in [0.3, 0.4) is 0 Å². The molecule has 6 heteroatoms. The number of rotatable bonds is 1. The second-order valence-corrected chi connectivity index (χ2v) is 5.31. The van der Waals surface area contributed by atoms with Gasteiger partial charge in [-0.05, 0) is 24.3 Å². The zero-order valence-corrected chi connectivity index (χ0v) is 10.7. The van der Waals surface area contributed by atoms with Gasteiger partial charge in [0.15, 0.2) is 11.6 Å². The maximum absolute atomic E-state index is 13.6. The number of nitriles is 1. The molecular formula is C13H10ClFN2O2. The number of hydrogen-bond donors (Lipinski definition) is 0. The Morgan fingerprint density at radius 2 is 2.16 bits per heavy atom. The molecule has 2 atom stereocenters. The van der Waals surface area contributed by atoms with Crippen molar-refractivity contribution in [1.29, 1.82) is 5.26 Å². The monoisotopic (exact) mass is 280 g/mol. The minimum absolute atomic E-state index is 0.0152. The molecule has 0 radical (unpaired) electrons. The lowest BCUT2D eigenvalue weighted by molar-refractivity contribution is 0.156. The van der Waals surface area contributed by atoms with E-state index in [-0.39, 0.29) is 16.3 Å². The van der Waals surface area contributed by atoms with E-state index in [4.69, 9.17) is 21.6 Å². The summed E-state index contributed by atoms with van der Waals surface area (Å²) in [7, 11) is 0. The average molecular weight is 281 g/mol. The highest BCUT2D eigenvalue weighted by atomic mass is 35.5. The minimum atomic E-state index is -0.765. The van der Waals surface area contributed by atoms with Gasteiger partial charge in [0, 0.05) is 19.2 Å². The van der Waals surface area contributed by atoms with Crippen molar-refractivity contribution in [2.45, 2.75) is 6.42 Å². The molecule has 1 heterocycles. The first-order valence-corrected chi connectivity index (χ1v) is 6.32. The molecular weight excluding hydrogens is 271 g/mol. The van der Waals surface area contributed by atoms with Gasteiger partial charge in [0.1, 0.15) is 6.07 Å². The highest BCUT2D eigenvalue weighted by molar-refractivity contribution is 6.31. The number of ether oxygens (including phenoxy) is 1. The Morgan fingerprint density at radius 3 is 2.79 bits per heavy atom. The van der Waals surface area contributed by atoms with Crippen LogP contribution in [0.15, 0.2) is 12.1 Å². The van der Waals surface area contributed by atoms with Crippen LogP contribution in [-0.4, -0.2) is 24.1 Å². The van der Waals surface area contributed by atoms with Crippen molar-refractivity contribution in [3.05, 3.63) is 28.5 Å². The third-order valence-electron chi connectivity index (χ3n) is 3.58. The number of amides is 1. The summed E-state index contributed by atoms with van der Waals surface area (Å²) in [5.74, 6) is 0.164. The molecule has 1 amide bonds. The summed E-state index contributed by atoms with van der Waals surface area (Å²) in [6.45, 7) is 1.35. The molecule has 0 unspecified atom stereocenters. The predicted octanol–water partition coefficient (Wildman–Crippen LogP) is 2.80. The summed E-state index contributed by atoms with van der Waals surface area (Å²) in [6.07, 6.45) is 0.604. The van der Waals surface area contributed by atoms with Gasteiger partial charge in [-0.2, -0.15) is 5.26 Å². The summed E-state index contributed by atoms with van der Waals surface area (Å²) >= 11 is 5.78. The number of likely N-dealkylation sites (tertiary alicyclic amines) is 1. The summed E-state index contributed by atoms with van der Waals surface area (Å²) in [6, 6.07) is 3.88. The fourth-order valence-electron chi connectivity index (χ4n) is 2.40. The van der Waals surface area contributed by atoms with Crippen LogP contribution in [0.25, 0.3) is 0 Å². The lowest BCUT2D eigenvalue weighted by atomic mass is 10.2. The van der Waals surface area contributed by atoms with Crippen LogP contribution >= 0.6 is 11.6 Å². The predicted molar refractivity (Wildman–Crippen MR) is 65.3 cm³/mol. The molecule has 0 spiro atoms. The molecule has 3 rings (SSSR count). The molecule has 2 fully saturated rings. The van der Waals surface area contributed by atoms with Crippen LogP contribution in [0, 0.1) is 29.0 Å². The Hall–Kier alpha value is -1.80. The van der Waals surface area contributed by atoms with Crippen molar-refractivity contribution < 1.29 is 13.9 Å². The maximum Gasteiger partial charge on any atom is 0.415 e. The second-order valence-electron chi connectivity index (χ2n) is 4.90. The van der Waals surface area contributed by atoms with Gasteiger partial charge in [-0.25, -0.2) is 9.18 Å². The van der Waals surface area contributed by atoms with Crippen molar-refractivity contribution in [3.8, 4) is 11.8 Å². The van der Waals surface area contributed by atoms with E-state index in [1.54, 1.807) is 11.0 Å². The van der Waals surface area contributed by atoms with Crippen molar-refractivity contribution in [2.24, 2.45) is 11.8 Å². The topological polar surface area (TPSA) is 53.3 Å². The van der Waals surface area contributed by atoms with E-state index in [9.17, 15) is 9.18 Å². The van der Waals surface area contributed by atoms with Crippen molar-refractivity contribution in [2.75, 3.05) is 13.1 Å². The van der Waals surface area contributed by atoms with Crippen molar-refractivity contribution >= 4 is 17.7 Å². The van der Waals surface area contributed by atoms with Gasteiger partial charge in [0.2, 0.25) is 0 Å². The smallest absolute Gasteiger partial charge is 0.407 e. The van der Waals surface area contributed by atoms with Crippen molar-refractivity contribution in [3.63, 3.8) is 0 Å². The van der Waals surface area contributed by atoms with E-state index in [1.165, 1.54) is 6.42 Å². The number of piperidine rings is 1. The van der Waals surface area contributed by atoms with Crippen LogP contribution in [0.1, 0.15) is 12.0 Å². The molecule has 2 aliphatic rings. The summed E-state index contributed by atoms with van der Waals surface area (Å²) < 4.78 is 18.6. The molecule has 0 bridgehead atoms. The first kappa shape index (κ1) is 12.2. The van der Waals surface area contributed by atoms with Crippen LogP contribution < -0.4 is 4.74 Å². The highest BCUT2D eigenvalue weighted by Crippen LogP contribution is 2.45. The van der Waals surface area contributed by atoms with Gasteiger partial charge >= 0.3 is 6.09 Å². The minimum Gasteiger partial charge on any atom is -0.407 e. The number of carbonyl (C=O) groups excluding carboxylic acids is 1. The Bertz CT molecular complexity index is 589. The Morgan fingerprint density at radius 1 is 1.47 bits per heavy atom. The van der Waals surface area contributed by atoms with E-state index in [2.05, 4.69) is 0 Å². The summed E-state index contributed by atoms with van der Waals surface area (Å²) in [4.78, 5) is 13.4. The SMILES string of the molecule is N#Cc1cc(F)c(OC(=O)N2C[C@@H]3C[C@H]3C2)cc1Cl. The van der Waals surface area contributed by atoms with Gasteiger partial charge in [-0.15, -0.1) is 0 Å². The summed E-state index contributed by atoms with van der Waals surface area (Å²) in [5.41, 5.74) is 0.0152. The van der Waals surface area contributed by atoms with Crippen LogP contribution in [0.5, 0.6) is 5.75 Å². The average Bonchev–Trinajstić information content (AvgIpc) is 3.00. The van der Waals surface area contributed by atoms with Crippen LogP contribution in [0.2, 0.25) is 5.02 Å². The second kappa shape index (κ2) is 4.39. The first-order chi connectivity index (χ1) is 9.08. The van der Waals surface area contributed by atoms with Gasteiger partial charge in [0.05, 0.1) is 10.6 Å². The standard InChI is InChI=1S/C13H10ClFN2O2/c14-10-3-12(11(15)2-7(10)4-16)19-13(18)17-5-8-1-9(8)6-17/h2-3,8-9H,1,5-6H2/t8-,9-/m0/s1. The zero-order chi connectivity index (χ0) is 13.6. The molecule has 1 aromatic carbocycles. The lowest BCUT2D eigenvalue weighted by Crippen LogP contribution is -2.33. The number of hydrogen-bond acceptors (Lipinski definition) is 3. The molecule has 1 saturated carbocycles. The molecule has 0 N–H and O–H groups in total. The van der Waals surface area contributed by atoms with Crippen LogP contribution in [-0.2, 0) is 0 Å². The van der Waals surface area contributed by atoms with E-state index in [0.29, 0.717) is 24.9 Å². The highest BCUT2D eigenvalue weighted by Gasteiger charge is 2.47.